The molecule has 3 nitrogen and oxygen atoms in total. The molecular weight excluding hydrogens is 232 g/mol. The summed E-state index contributed by atoms with van der Waals surface area (Å²) in [7, 11) is 0. The van der Waals surface area contributed by atoms with Gasteiger partial charge in [-0.25, -0.2) is 0 Å². The van der Waals surface area contributed by atoms with Gasteiger partial charge in [-0.1, -0.05) is 29.4 Å². The van der Waals surface area contributed by atoms with Crippen LogP contribution in [0.4, 0.5) is 0 Å². The normalized spacial score (nSPS) is 11.5. The average molecular weight is 246 g/mol. The number of nitrogens with zero attached hydrogens (tertiary/aromatic N) is 1. The third-order valence-corrected chi connectivity index (χ3v) is 3.14. The van der Waals surface area contributed by atoms with Crippen molar-refractivity contribution in [3.63, 3.8) is 0 Å². The van der Waals surface area contributed by atoms with Crippen molar-refractivity contribution in [3.05, 3.63) is 57.8 Å². The molecule has 2 rings (SSSR count). The third-order valence-electron chi connectivity index (χ3n) is 2.46. The van der Waals surface area contributed by atoms with Crippen LogP contribution < -0.4 is 5.73 Å². The van der Waals surface area contributed by atoms with E-state index < -0.39 is 0 Å². The molecular formula is C13H14N2OS. The van der Waals surface area contributed by atoms with E-state index in [1.54, 1.807) is 11.3 Å². The molecule has 2 aromatic rings. The summed E-state index contributed by atoms with van der Waals surface area (Å²) in [5.41, 5.74) is 8.99. The van der Waals surface area contributed by atoms with Crippen LogP contribution in [0.5, 0.6) is 0 Å². The zero-order chi connectivity index (χ0) is 12.1. The Kier molecular flexibility index (Phi) is 3.77. The van der Waals surface area contributed by atoms with E-state index in [2.05, 4.69) is 5.16 Å². The SMILES string of the molecule is Cc1ccccc1CO/N=C(\N)c1ccsc1. The van der Waals surface area contributed by atoms with Crippen molar-refractivity contribution in [1.29, 1.82) is 0 Å². The van der Waals surface area contributed by atoms with Gasteiger partial charge in [-0.05, 0) is 29.5 Å². The smallest absolute Gasteiger partial charge is 0.171 e. The maximum atomic E-state index is 5.77. The number of thiophene rings is 1. The van der Waals surface area contributed by atoms with Crippen LogP contribution in [0.2, 0.25) is 0 Å². The van der Waals surface area contributed by atoms with Gasteiger partial charge < -0.3 is 10.6 Å². The number of hydrogen-bond donors (Lipinski definition) is 1. The first-order valence-electron chi connectivity index (χ1n) is 5.30. The molecule has 0 unspecified atom stereocenters. The molecule has 0 radical (unpaired) electrons. The van der Waals surface area contributed by atoms with Crippen LogP contribution in [-0.2, 0) is 11.4 Å². The molecule has 0 aliphatic heterocycles. The monoisotopic (exact) mass is 246 g/mol. The van der Waals surface area contributed by atoms with E-state index >= 15 is 0 Å². The lowest BCUT2D eigenvalue weighted by Gasteiger charge is -2.04. The lowest BCUT2D eigenvalue weighted by Crippen LogP contribution is -2.12. The molecule has 0 atom stereocenters. The molecule has 1 aromatic heterocycles. The van der Waals surface area contributed by atoms with Crippen LogP contribution in [0.1, 0.15) is 16.7 Å². The summed E-state index contributed by atoms with van der Waals surface area (Å²) >= 11 is 1.58. The van der Waals surface area contributed by atoms with Gasteiger partial charge in [0, 0.05) is 10.9 Å². The summed E-state index contributed by atoms with van der Waals surface area (Å²) in [6, 6.07) is 9.97. The van der Waals surface area contributed by atoms with E-state index in [9.17, 15) is 0 Å². The van der Waals surface area contributed by atoms with E-state index in [4.69, 9.17) is 10.6 Å². The molecule has 88 valence electrons. The van der Waals surface area contributed by atoms with E-state index in [1.165, 1.54) is 5.56 Å². The predicted octanol–water partition coefficient (Wildman–Crippen LogP) is 2.89. The van der Waals surface area contributed by atoms with Gasteiger partial charge >= 0.3 is 0 Å². The molecule has 0 aliphatic carbocycles. The van der Waals surface area contributed by atoms with E-state index in [-0.39, 0.29) is 0 Å². The van der Waals surface area contributed by atoms with Gasteiger partial charge in [0.15, 0.2) is 5.84 Å². The van der Waals surface area contributed by atoms with Gasteiger partial charge in [0.25, 0.3) is 0 Å². The standard InChI is InChI=1S/C13H14N2OS/c1-10-4-2-3-5-11(10)8-16-15-13(14)12-6-7-17-9-12/h2-7,9H,8H2,1H3,(H2,14,15). The molecule has 0 aliphatic rings. The van der Waals surface area contributed by atoms with Crippen molar-refractivity contribution in [2.24, 2.45) is 10.9 Å². The Morgan fingerprint density at radius 1 is 1.35 bits per heavy atom. The van der Waals surface area contributed by atoms with Crippen LogP contribution >= 0.6 is 11.3 Å². The average Bonchev–Trinajstić information content (AvgIpc) is 2.85. The molecule has 0 amide bonds. The molecule has 1 heterocycles. The number of rotatable bonds is 4. The molecule has 4 heteroatoms. The molecule has 0 bridgehead atoms. The van der Waals surface area contributed by atoms with Crippen LogP contribution in [-0.4, -0.2) is 5.84 Å². The van der Waals surface area contributed by atoms with Gasteiger partial charge in [0.2, 0.25) is 0 Å². The van der Waals surface area contributed by atoms with Crippen LogP contribution in [0.15, 0.2) is 46.2 Å². The summed E-state index contributed by atoms with van der Waals surface area (Å²) in [5.74, 6) is 0.417. The van der Waals surface area contributed by atoms with Crippen molar-refractivity contribution in [3.8, 4) is 0 Å². The Labute approximate surface area is 105 Å². The highest BCUT2D eigenvalue weighted by Crippen LogP contribution is 2.09. The number of oxime groups is 1. The van der Waals surface area contributed by atoms with Crippen LogP contribution in [0, 0.1) is 6.92 Å². The summed E-state index contributed by atoms with van der Waals surface area (Å²) in [5, 5.41) is 7.80. The van der Waals surface area contributed by atoms with Crippen molar-refractivity contribution in [2.45, 2.75) is 13.5 Å². The molecule has 1 aromatic carbocycles. The zero-order valence-electron chi connectivity index (χ0n) is 9.59. The topological polar surface area (TPSA) is 47.6 Å². The second-order valence-electron chi connectivity index (χ2n) is 3.69. The fourth-order valence-corrected chi connectivity index (χ4v) is 2.06. The highest BCUT2D eigenvalue weighted by molar-refractivity contribution is 7.08. The second-order valence-corrected chi connectivity index (χ2v) is 4.47. The summed E-state index contributed by atoms with van der Waals surface area (Å²) < 4.78 is 0. The first-order valence-corrected chi connectivity index (χ1v) is 6.24. The Bertz CT molecular complexity index is 506. The third kappa shape index (κ3) is 3.07. The van der Waals surface area contributed by atoms with Gasteiger partial charge in [-0.15, -0.1) is 0 Å². The van der Waals surface area contributed by atoms with Crippen molar-refractivity contribution >= 4 is 17.2 Å². The number of nitrogens with two attached hydrogens (primary N) is 1. The largest absolute Gasteiger partial charge is 0.389 e. The van der Waals surface area contributed by atoms with Crippen molar-refractivity contribution < 1.29 is 4.84 Å². The first-order chi connectivity index (χ1) is 8.27. The van der Waals surface area contributed by atoms with Crippen LogP contribution in [0.3, 0.4) is 0 Å². The first kappa shape index (κ1) is 11.7. The lowest BCUT2D eigenvalue weighted by atomic mass is 10.1. The lowest BCUT2D eigenvalue weighted by molar-refractivity contribution is 0.130. The maximum absolute atomic E-state index is 5.77. The zero-order valence-corrected chi connectivity index (χ0v) is 10.4. The van der Waals surface area contributed by atoms with Gasteiger partial charge in [0.05, 0.1) is 0 Å². The minimum absolute atomic E-state index is 0.417. The van der Waals surface area contributed by atoms with E-state index in [1.807, 2.05) is 48.0 Å². The van der Waals surface area contributed by atoms with Crippen LogP contribution in [0.25, 0.3) is 0 Å². The number of aryl methyl sites for hydroxylation is 1. The Balaban J connectivity index is 1.96. The molecule has 0 spiro atoms. The summed E-state index contributed by atoms with van der Waals surface area (Å²) in [6.07, 6.45) is 0. The van der Waals surface area contributed by atoms with Gasteiger partial charge in [0.1, 0.15) is 6.61 Å². The fraction of sp³-hybridized carbons (Fsp3) is 0.154. The highest BCUT2D eigenvalue weighted by Gasteiger charge is 2.00. The number of amidine groups is 1. The van der Waals surface area contributed by atoms with E-state index in [0.29, 0.717) is 12.4 Å². The maximum Gasteiger partial charge on any atom is 0.171 e. The van der Waals surface area contributed by atoms with Crippen molar-refractivity contribution in [1.82, 2.24) is 0 Å². The summed E-state index contributed by atoms with van der Waals surface area (Å²) in [6.45, 7) is 2.49. The fourth-order valence-electron chi connectivity index (χ4n) is 1.41. The molecule has 17 heavy (non-hydrogen) atoms. The molecule has 0 saturated carbocycles. The Morgan fingerprint density at radius 2 is 2.18 bits per heavy atom. The summed E-state index contributed by atoms with van der Waals surface area (Å²) in [4.78, 5) is 5.25. The highest BCUT2D eigenvalue weighted by atomic mass is 32.1. The molecule has 0 saturated heterocycles. The minimum Gasteiger partial charge on any atom is -0.389 e. The predicted molar refractivity (Wildman–Crippen MR) is 71.0 cm³/mol. The van der Waals surface area contributed by atoms with Gasteiger partial charge in [-0.3, -0.25) is 0 Å². The van der Waals surface area contributed by atoms with Gasteiger partial charge in [-0.2, -0.15) is 11.3 Å². The van der Waals surface area contributed by atoms with E-state index in [0.717, 1.165) is 11.1 Å². The number of hydrogen-bond acceptors (Lipinski definition) is 3. The quantitative estimate of drug-likeness (QED) is 0.512. The van der Waals surface area contributed by atoms with Crippen molar-refractivity contribution in [2.75, 3.05) is 0 Å². The minimum atomic E-state index is 0.417. The second kappa shape index (κ2) is 5.50. The number of benzene rings is 1. The Morgan fingerprint density at radius 3 is 2.88 bits per heavy atom. The molecule has 2 N–H and O–H groups in total. The molecule has 0 fully saturated rings. The Hall–Kier alpha value is -1.81.